The number of rotatable bonds is 2. The number of phenolic OH excluding ortho intramolecular Hbond substituents is 1. The van der Waals surface area contributed by atoms with E-state index in [0.29, 0.717) is 5.75 Å². The molecular weight excluding hydrogens is 180 g/mol. The zero-order valence-corrected chi connectivity index (χ0v) is 8.39. The highest BCUT2D eigenvalue weighted by Gasteiger charge is 2.15. The van der Waals surface area contributed by atoms with Crippen molar-refractivity contribution in [2.45, 2.75) is 35.8 Å². The molecule has 70 valence electrons. The second kappa shape index (κ2) is 4.05. The standard InChI is InChI=1S/C11H14OS/c12-9-4-3-7-11(8-9)13-10-5-1-2-6-10/h3-4,7-8,10,12H,1-2,5-6H2. The molecule has 1 nitrogen and oxygen atoms in total. The minimum atomic E-state index is 0.378. The van der Waals surface area contributed by atoms with Gasteiger partial charge in [-0.15, -0.1) is 11.8 Å². The van der Waals surface area contributed by atoms with Crippen molar-refractivity contribution in [2.24, 2.45) is 0 Å². The summed E-state index contributed by atoms with van der Waals surface area (Å²) in [7, 11) is 0. The minimum absolute atomic E-state index is 0.378. The Morgan fingerprint density at radius 1 is 1.23 bits per heavy atom. The number of aromatic hydroxyl groups is 1. The van der Waals surface area contributed by atoms with Gasteiger partial charge in [0.2, 0.25) is 0 Å². The first kappa shape index (κ1) is 8.95. The molecule has 1 aliphatic rings. The van der Waals surface area contributed by atoms with Gasteiger partial charge in [-0.2, -0.15) is 0 Å². The fourth-order valence-corrected chi connectivity index (χ4v) is 3.06. The second-order valence-corrected chi connectivity index (χ2v) is 4.90. The van der Waals surface area contributed by atoms with Gasteiger partial charge < -0.3 is 5.11 Å². The lowest BCUT2D eigenvalue weighted by molar-refractivity contribution is 0.474. The molecule has 0 aromatic heterocycles. The molecule has 0 bridgehead atoms. The Morgan fingerprint density at radius 2 is 2.00 bits per heavy atom. The summed E-state index contributed by atoms with van der Waals surface area (Å²) in [4.78, 5) is 1.20. The number of hydrogen-bond donors (Lipinski definition) is 1. The summed E-state index contributed by atoms with van der Waals surface area (Å²) in [6, 6.07) is 7.55. The van der Waals surface area contributed by atoms with Crippen LogP contribution >= 0.6 is 11.8 Å². The summed E-state index contributed by atoms with van der Waals surface area (Å²) >= 11 is 1.91. The van der Waals surface area contributed by atoms with Gasteiger partial charge in [0, 0.05) is 10.1 Å². The monoisotopic (exact) mass is 194 g/mol. The van der Waals surface area contributed by atoms with Crippen molar-refractivity contribution in [3.8, 4) is 5.75 Å². The third kappa shape index (κ3) is 2.41. The molecule has 1 aromatic carbocycles. The van der Waals surface area contributed by atoms with E-state index in [0.717, 1.165) is 5.25 Å². The highest BCUT2D eigenvalue weighted by atomic mass is 32.2. The van der Waals surface area contributed by atoms with Crippen molar-refractivity contribution in [1.82, 2.24) is 0 Å². The summed E-state index contributed by atoms with van der Waals surface area (Å²) in [5.41, 5.74) is 0. The highest BCUT2D eigenvalue weighted by Crippen LogP contribution is 2.35. The Balaban J connectivity index is 2.00. The Morgan fingerprint density at radius 3 is 2.69 bits per heavy atom. The van der Waals surface area contributed by atoms with Crippen molar-refractivity contribution < 1.29 is 5.11 Å². The van der Waals surface area contributed by atoms with Crippen molar-refractivity contribution >= 4 is 11.8 Å². The van der Waals surface area contributed by atoms with E-state index in [9.17, 15) is 5.11 Å². The van der Waals surface area contributed by atoms with Gasteiger partial charge in [0.15, 0.2) is 0 Å². The van der Waals surface area contributed by atoms with Gasteiger partial charge in [-0.05, 0) is 31.0 Å². The zero-order chi connectivity index (χ0) is 9.10. The average Bonchev–Trinajstić information content (AvgIpc) is 2.57. The van der Waals surface area contributed by atoms with Gasteiger partial charge in [-0.25, -0.2) is 0 Å². The maximum absolute atomic E-state index is 9.27. The summed E-state index contributed by atoms with van der Waals surface area (Å²) in [5.74, 6) is 0.378. The number of thioether (sulfide) groups is 1. The van der Waals surface area contributed by atoms with Crippen LogP contribution in [0.1, 0.15) is 25.7 Å². The first-order valence-electron chi connectivity index (χ1n) is 4.80. The number of benzene rings is 1. The van der Waals surface area contributed by atoms with Gasteiger partial charge in [-0.1, -0.05) is 18.9 Å². The molecule has 0 saturated heterocycles. The molecule has 0 spiro atoms. The van der Waals surface area contributed by atoms with E-state index in [4.69, 9.17) is 0 Å². The van der Waals surface area contributed by atoms with E-state index in [1.165, 1.54) is 30.6 Å². The third-order valence-corrected chi connectivity index (χ3v) is 3.75. The van der Waals surface area contributed by atoms with Gasteiger partial charge in [-0.3, -0.25) is 0 Å². The third-order valence-electron chi connectivity index (χ3n) is 2.42. The SMILES string of the molecule is Oc1cccc(SC2CCCC2)c1. The van der Waals surface area contributed by atoms with Crippen LogP contribution in [-0.2, 0) is 0 Å². The zero-order valence-electron chi connectivity index (χ0n) is 7.57. The highest BCUT2D eigenvalue weighted by molar-refractivity contribution is 8.00. The van der Waals surface area contributed by atoms with E-state index >= 15 is 0 Å². The van der Waals surface area contributed by atoms with Crippen LogP contribution < -0.4 is 0 Å². The molecule has 0 radical (unpaired) electrons. The molecule has 1 N–H and O–H groups in total. The first-order chi connectivity index (χ1) is 6.34. The Kier molecular flexibility index (Phi) is 2.79. The molecule has 0 amide bonds. The summed E-state index contributed by atoms with van der Waals surface area (Å²) in [6.07, 6.45) is 5.41. The van der Waals surface area contributed by atoms with Crippen LogP contribution in [0.4, 0.5) is 0 Å². The number of phenols is 1. The maximum atomic E-state index is 9.27. The van der Waals surface area contributed by atoms with E-state index in [2.05, 4.69) is 6.07 Å². The van der Waals surface area contributed by atoms with Crippen LogP contribution in [0.2, 0.25) is 0 Å². The lowest BCUT2D eigenvalue weighted by Gasteiger charge is -2.08. The minimum Gasteiger partial charge on any atom is -0.508 e. The molecule has 2 rings (SSSR count). The molecule has 0 atom stereocenters. The predicted octanol–water partition coefficient (Wildman–Crippen LogP) is 3.43. The average molecular weight is 194 g/mol. The van der Waals surface area contributed by atoms with E-state index in [1.807, 2.05) is 23.9 Å². The van der Waals surface area contributed by atoms with Gasteiger partial charge >= 0.3 is 0 Å². The van der Waals surface area contributed by atoms with Gasteiger partial charge in [0.1, 0.15) is 5.75 Å². The summed E-state index contributed by atoms with van der Waals surface area (Å²) < 4.78 is 0. The topological polar surface area (TPSA) is 20.2 Å². The van der Waals surface area contributed by atoms with Gasteiger partial charge in [0.05, 0.1) is 0 Å². The van der Waals surface area contributed by atoms with E-state index < -0.39 is 0 Å². The molecule has 13 heavy (non-hydrogen) atoms. The largest absolute Gasteiger partial charge is 0.508 e. The molecule has 1 saturated carbocycles. The Labute approximate surface area is 83.2 Å². The molecule has 2 heteroatoms. The summed E-state index contributed by atoms with van der Waals surface area (Å²) in [6.45, 7) is 0. The molecule has 0 heterocycles. The van der Waals surface area contributed by atoms with Crippen LogP contribution in [0.5, 0.6) is 5.75 Å². The van der Waals surface area contributed by atoms with Crippen LogP contribution in [0.15, 0.2) is 29.2 Å². The van der Waals surface area contributed by atoms with Crippen LogP contribution in [0, 0.1) is 0 Å². The Hall–Kier alpha value is -0.630. The molecule has 0 unspecified atom stereocenters. The lowest BCUT2D eigenvalue weighted by atomic mass is 10.3. The van der Waals surface area contributed by atoms with Crippen molar-refractivity contribution in [3.63, 3.8) is 0 Å². The predicted molar refractivity (Wildman–Crippen MR) is 56.2 cm³/mol. The summed E-state index contributed by atoms with van der Waals surface area (Å²) in [5, 5.41) is 10.1. The normalized spacial score (nSPS) is 17.8. The van der Waals surface area contributed by atoms with E-state index in [1.54, 1.807) is 6.07 Å². The van der Waals surface area contributed by atoms with Crippen LogP contribution in [0.3, 0.4) is 0 Å². The van der Waals surface area contributed by atoms with Gasteiger partial charge in [0.25, 0.3) is 0 Å². The lowest BCUT2D eigenvalue weighted by Crippen LogP contribution is -1.92. The fraction of sp³-hybridized carbons (Fsp3) is 0.455. The smallest absolute Gasteiger partial charge is 0.116 e. The molecule has 1 fully saturated rings. The number of hydrogen-bond acceptors (Lipinski definition) is 2. The molecule has 1 aromatic rings. The molecule has 1 aliphatic carbocycles. The first-order valence-corrected chi connectivity index (χ1v) is 5.68. The molecular formula is C11H14OS. The Bertz CT molecular complexity index is 279. The molecule has 0 aliphatic heterocycles. The second-order valence-electron chi connectivity index (χ2n) is 3.52. The van der Waals surface area contributed by atoms with Crippen molar-refractivity contribution in [1.29, 1.82) is 0 Å². The van der Waals surface area contributed by atoms with Crippen LogP contribution in [0.25, 0.3) is 0 Å². The van der Waals surface area contributed by atoms with Crippen molar-refractivity contribution in [3.05, 3.63) is 24.3 Å². The van der Waals surface area contributed by atoms with Crippen LogP contribution in [-0.4, -0.2) is 10.4 Å². The maximum Gasteiger partial charge on any atom is 0.116 e. The quantitative estimate of drug-likeness (QED) is 0.778. The van der Waals surface area contributed by atoms with Crippen molar-refractivity contribution in [2.75, 3.05) is 0 Å². The van der Waals surface area contributed by atoms with E-state index in [-0.39, 0.29) is 0 Å². The fourth-order valence-electron chi connectivity index (χ4n) is 1.76.